The minimum Gasteiger partial charge on any atom is -0.370 e. The molecular weight excluding hydrogens is 697 g/mol. The molecule has 0 aliphatic carbocycles. The number of imidazole rings is 1. The number of benzene rings is 3. The van der Waals surface area contributed by atoms with Crippen molar-refractivity contribution in [3.8, 4) is 22.5 Å². The molecule has 10 nitrogen and oxygen atoms in total. The normalized spacial score (nSPS) is 16.0. The molecule has 8 rings (SSSR count). The van der Waals surface area contributed by atoms with E-state index in [2.05, 4.69) is 26.7 Å². The van der Waals surface area contributed by atoms with Crippen LogP contribution in [0.4, 0.5) is 11.5 Å². The van der Waals surface area contributed by atoms with Crippen molar-refractivity contribution < 1.29 is 14.3 Å². The molecule has 0 spiro atoms. The van der Waals surface area contributed by atoms with Crippen LogP contribution in [-0.4, -0.2) is 75.1 Å². The first-order chi connectivity index (χ1) is 25.4. The van der Waals surface area contributed by atoms with Gasteiger partial charge in [0.2, 0.25) is 5.91 Å². The molecule has 1 atom stereocenters. The zero-order valence-corrected chi connectivity index (χ0v) is 30.1. The number of rotatable bonds is 8. The summed E-state index contributed by atoms with van der Waals surface area (Å²) in [5.74, 6) is 0.413. The maximum Gasteiger partial charge on any atom is 0.272 e. The molecule has 2 aliphatic heterocycles. The number of pyridine rings is 1. The third-order valence-electron chi connectivity index (χ3n) is 10.1. The van der Waals surface area contributed by atoms with Crippen LogP contribution in [0, 0.1) is 0 Å². The van der Waals surface area contributed by atoms with Gasteiger partial charge in [-0.05, 0) is 61.7 Å². The van der Waals surface area contributed by atoms with E-state index in [1.165, 1.54) is 0 Å². The lowest BCUT2D eigenvalue weighted by atomic mass is 9.99. The Morgan fingerprint density at radius 2 is 1.71 bits per heavy atom. The van der Waals surface area contributed by atoms with E-state index in [1.54, 1.807) is 6.20 Å². The molecule has 5 heterocycles. The first-order valence-electron chi connectivity index (χ1n) is 17.4. The molecule has 264 valence electrons. The fourth-order valence-electron chi connectivity index (χ4n) is 7.43. The lowest BCUT2D eigenvalue weighted by Gasteiger charge is -2.40. The summed E-state index contributed by atoms with van der Waals surface area (Å²) in [4.78, 5) is 44.3. The Morgan fingerprint density at radius 3 is 2.48 bits per heavy atom. The van der Waals surface area contributed by atoms with Crippen LogP contribution in [-0.2, 0) is 9.53 Å². The van der Waals surface area contributed by atoms with Gasteiger partial charge in [0.05, 0.1) is 36.1 Å². The number of ether oxygens (including phenoxy) is 1. The summed E-state index contributed by atoms with van der Waals surface area (Å²) in [6.45, 7) is 4.84. The Labute approximate surface area is 311 Å². The number of nitrogens with zero attached hydrogens (tertiary/aromatic N) is 5. The summed E-state index contributed by atoms with van der Waals surface area (Å²) in [6.07, 6.45) is 5.18. The number of anilines is 2. The fourth-order valence-corrected chi connectivity index (χ4v) is 7.73. The van der Waals surface area contributed by atoms with Crippen molar-refractivity contribution in [2.45, 2.75) is 31.8 Å². The van der Waals surface area contributed by atoms with Gasteiger partial charge in [-0.3, -0.25) is 9.59 Å². The zero-order chi connectivity index (χ0) is 35.8. The van der Waals surface area contributed by atoms with Crippen LogP contribution in [0.3, 0.4) is 0 Å². The number of aromatic nitrogens is 4. The van der Waals surface area contributed by atoms with Crippen LogP contribution < -0.4 is 10.2 Å². The molecule has 2 saturated heterocycles. The monoisotopic (exact) mass is 733 g/mol. The molecule has 3 aromatic heterocycles. The second-order valence-corrected chi connectivity index (χ2v) is 14.1. The summed E-state index contributed by atoms with van der Waals surface area (Å²) >= 11 is 12.8. The van der Waals surface area contributed by atoms with E-state index in [9.17, 15) is 9.59 Å². The Hall–Kier alpha value is -5.16. The maximum absolute atomic E-state index is 14.6. The van der Waals surface area contributed by atoms with Crippen molar-refractivity contribution in [2.75, 3.05) is 43.1 Å². The Bertz CT molecular complexity index is 2250. The first-order valence-corrected chi connectivity index (χ1v) is 18.2. The number of halogens is 2. The Kier molecular flexibility index (Phi) is 9.44. The van der Waals surface area contributed by atoms with Crippen LogP contribution >= 0.6 is 23.2 Å². The van der Waals surface area contributed by atoms with Gasteiger partial charge in [-0.2, -0.15) is 0 Å². The SMILES string of the molecule is CC(c1ccc(Cl)cc1)n1cnc(-c2ccccc2)c1-c1c(C(=O)Nc2cccnc2N2CCC(N3CCOCC3=O)CC2)[nH]c2cc(Cl)ccc12. The number of H-pyrrole nitrogens is 1. The average Bonchev–Trinajstić information content (AvgIpc) is 3.77. The number of piperidine rings is 1. The van der Waals surface area contributed by atoms with Gasteiger partial charge >= 0.3 is 0 Å². The minimum atomic E-state index is -0.323. The van der Waals surface area contributed by atoms with Gasteiger partial charge in [0.1, 0.15) is 12.3 Å². The number of nitrogens with one attached hydrogen (secondary N) is 2. The van der Waals surface area contributed by atoms with E-state index in [0.29, 0.717) is 59.0 Å². The summed E-state index contributed by atoms with van der Waals surface area (Å²) in [5, 5.41) is 5.24. The molecule has 3 aromatic carbocycles. The van der Waals surface area contributed by atoms with Crippen LogP contribution in [0.5, 0.6) is 0 Å². The predicted molar refractivity (Wildman–Crippen MR) is 205 cm³/mol. The number of carbonyl (C=O) groups is 2. The molecule has 2 aliphatic rings. The highest BCUT2D eigenvalue weighted by molar-refractivity contribution is 6.31. The molecule has 0 bridgehead atoms. The van der Waals surface area contributed by atoms with Crippen molar-refractivity contribution in [3.05, 3.63) is 119 Å². The fraction of sp³-hybridized carbons (Fsp3) is 0.250. The number of morpholine rings is 1. The molecule has 1 unspecified atom stereocenters. The van der Waals surface area contributed by atoms with Gasteiger partial charge in [0, 0.05) is 63.9 Å². The number of aromatic amines is 1. The minimum absolute atomic E-state index is 0.0465. The second kappa shape index (κ2) is 14.5. The third-order valence-corrected chi connectivity index (χ3v) is 10.6. The van der Waals surface area contributed by atoms with Crippen molar-refractivity contribution in [1.82, 2.24) is 24.4 Å². The number of hydrogen-bond acceptors (Lipinski definition) is 6. The Morgan fingerprint density at radius 1 is 0.942 bits per heavy atom. The summed E-state index contributed by atoms with van der Waals surface area (Å²) in [6, 6.07) is 27.1. The van der Waals surface area contributed by atoms with Gasteiger partial charge in [-0.1, -0.05) is 71.7 Å². The molecule has 2 N–H and O–H groups in total. The standard InChI is InChI=1S/C40H37Cl2N7O3/c1-25(26-9-11-28(41)12-10-26)49-24-44-36(27-6-3-2-4-7-27)38(49)35-31-14-13-29(42)22-33(31)45-37(35)40(51)46-32-8-5-17-43-39(32)47-18-15-30(16-19-47)48-20-21-52-23-34(48)50/h2-14,17,22,24-25,30,45H,15-16,18-21,23H2,1H3,(H,46,51). The Balaban J connectivity index is 1.18. The van der Waals surface area contributed by atoms with Crippen LogP contribution in [0.15, 0.2) is 97.5 Å². The topological polar surface area (TPSA) is 108 Å². The van der Waals surface area contributed by atoms with E-state index in [-0.39, 0.29) is 30.5 Å². The van der Waals surface area contributed by atoms with E-state index in [1.807, 2.05) is 96.2 Å². The number of fused-ring (bicyclic) bond motifs is 1. The van der Waals surface area contributed by atoms with Crippen molar-refractivity contribution in [3.63, 3.8) is 0 Å². The number of amides is 2. The van der Waals surface area contributed by atoms with Crippen LogP contribution in [0.1, 0.15) is 41.9 Å². The van der Waals surface area contributed by atoms with Gasteiger partial charge in [0.15, 0.2) is 5.82 Å². The van der Waals surface area contributed by atoms with E-state index >= 15 is 0 Å². The summed E-state index contributed by atoms with van der Waals surface area (Å²) < 4.78 is 7.45. The molecule has 0 radical (unpaired) electrons. The molecule has 0 saturated carbocycles. The van der Waals surface area contributed by atoms with Gasteiger partial charge in [-0.25, -0.2) is 9.97 Å². The van der Waals surface area contributed by atoms with Crippen LogP contribution in [0.25, 0.3) is 33.4 Å². The number of hydrogen-bond donors (Lipinski definition) is 2. The summed E-state index contributed by atoms with van der Waals surface area (Å²) in [5.41, 5.74) is 5.91. The van der Waals surface area contributed by atoms with E-state index in [4.69, 9.17) is 37.9 Å². The highest BCUT2D eigenvalue weighted by Crippen LogP contribution is 2.42. The third kappa shape index (κ3) is 6.53. The maximum atomic E-state index is 14.6. The lowest BCUT2D eigenvalue weighted by molar-refractivity contribution is -0.146. The van der Waals surface area contributed by atoms with Crippen molar-refractivity contribution in [1.29, 1.82) is 0 Å². The van der Waals surface area contributed by atoms with Crippen LogP contribution in [0.2, 0.25) is 10.0 Å². The van der Waals surface area contributed by atoms with Gasteiger partial charge < -0.3 is 29.4 Å². The molecule has 12 heteroatoms. The molecule has 2 amide bonds. The van der Waals surface area contributed by atoms with Crippen molar-refractivity contribution in [2.24, 2.45) is 0 Å². The highest BCUT2D eigenvalue weighted by atomic mass is 35.5. The molecule has 2 fully saturated rings. The predicted octanol–water partition coefficient (Wildman–Crippen LogP) is 8.09. The first kappa shape index (κ1) is 34.0. The molecule has 52 heavy (non-hydrogen) atoms. The second-order valence-electron chi connectivity index (χ2n) is 13.2. The zero-order valence-electron chi connectivity index (χ0n) is 28.6. The smallest absolute Gasteiger partial charge is 0.272 e. The quantitative estimate of drug-likeness (QED) is 0.164. The average molecular weight is 735 g/mol. The largest absolute Gasteiger partial charge is 0.370 e. The van der Waals surface area contributed by atoms with E-state index in [0.717, 1.165) is 46.3 Å². The molecule has 6 aromatic rings. The lowest BCUT2D eigenvalue weighted by Crippen LogP contribution is -2.52. The molecular formula is C40H37Cl2N7O3. The van der Waals surface area contributed by atoms with Crippen molar-refractivity contribution >= 4 is 57.4 Å². The van der Waals surface area contributed by atoms with Gasteiger partial charge in [-0.15, -0.1) is 0 Å². The van der Waals surface area contributed by atoms with Gasteiger partial charge in [0.25, 0.3) is 5.91 Å². The highest BCUT2D eigenvalue weighted by Gasteiger charge is 2.32. The number of carbonyl (C=O) groups excluding carboxylic acids is 2. The summed E-state index contributed by atoms with van der Waals surface area (Å²) in [7, 11) is 0. The van der Waals surface area contributed by atoms with E-state index < -0.39 is 0 Å².